The number of fused-ring (bicyclic) bond motifs is 1. The molecule has 7 heteroatoms. The molecule has 0 aliphatic carbocycles. The van der Waals surface area contributed by atoms with E-state index in [2.05, 4.69) is 11.7 Å². The highest BCUT2D eigenvalue weighted by atomic mass is 16.5. The van der Waals surface area contributed by atoms with Crippen molar-refractivity contribution in [2.45, 2.75) is 13.0 Å². The molecule has 0 bridgehead atoms. The molecule has 1 aromatic heterocycles. The lowest BCUT2D eigenvalue weighted by Crippen LogP contribution is -2.32. The summed E-state index contributed by atoms with van der Waals surface area (Å²) in [5.41, 5.74) is 3.61. The predicted molar refractivity (Wildman–Crippen MR) is 99.0 cm³/mol. The number of anilines is 2. The molecule has 2 amide bonds. The minimum absolute atomic E-state index is 0.0583. The smallest absolute Gasteiger partial charge is 0.252 e. The Balaban J connectivity index is 1.89. The molecular formula is C19H22N4O3. The van der Waals surface area contributed by atoms with Crippen LogP contribution in [0.25, 0.3) is 0 Å². The lowest BCUT2D eigenvalue weighted by molar-refractivity contribution is -0.122. The van der Waals surface area contributed by atoms with Crippen LogP contribution >= 0.6 is 0 Å². The van der Waals surface area contributed by atoms with Gasteiger partial charge in [0.25, 0.3) is 11.8 Å². The molecule has 0 unspecified atom stereocenters. The number of nitrogens with zero attached hydrogens (tertiary/aromatic N) is 4. The van der Waals surface area contributed by atoms with E-state index in [1.165, 1.54) is 13.2 Å². The molecule has 0 saturated carbocycles. The third-order valence-corrected chi connectivity index (χ3v) is 4.52. The quantitative estimate of drug-likeness (QED) is 0.740. The van der Waals surface area contributed by atoms with Crippen molar-refractivity contribution in [2.75, 3.05) is 30.1 Å². The summed E-state index contributed by atoms with van der Waals surface area (Å²) in [5.74, 6) is -0.246. The summed E-state index contributed by atoms with van der Waals surface area (Å²) in [4.78, 5) is 27.9. The summed E-state index contributed by atoms with van der Waals surface area (Å²) in [6, 6.07) is 7.59. The summed E-state index contributed by atoms with van der Waals surface area (Å²) in [5, 5.41) is 4.15. The van der Waals surface area contributed by atoms with Crippen molar-refractivity contribution in [1.29, 1.82) is 0 Å². The summed E-state index contributed by atoms with van der Waals surface area (Å²) >= 11 is 0. The molecule has 1 aromatic carbocycles. The number of carbonyl (C=O) groups excluding carboxylic acids is 2. The number of aromatic nitrogens is 2. The van der Waals surface area contributed by atoms with Gasteiger partial charge in [-0.25, -0.2) is 0 Å². The minimum Gasteiger partial charge on any atom is -0.375 e. The topological polar surface area (TPSA) is 67.7 Å². The molecule has 0 spiro atoms. The maximum Gasteiger partial charge on any atom is 0.252 e. The highest BCUT2D eigenvalue weighted by Crippen LogP contribution is 2.32. The van der Waals surface area contributed by atoms with Crippen LogP contribution in [0.15, 0.2) is 43.1 Å². The molecule has 1 aliphatic heterocycles. The van der Waals surface area contributed by atoms with E-state index < -0.39 is 0 Å². The van der Waals surface area contributed by atoms with Gasteiger partial charge >= 0.3 is 0 Å². The van der Waals surface area contributed by atoms with Crippen LogP contribution in [0.3, 0.4) is 0 Å². The molecule has 136 valence electrons. The Labute approximate surface area is 152 Å². The van der Waals surface area contributed by atoms with Crippen LogP contribution in [-0.4, -0.2) is 41.9 Å². The van der Waals surface area contributed by atoms with Crippen molar-refractivity contribution >= 4 is 23.2 Å². The number of aryl methyl sites for hydroxylation is 1. The maximum atomic E-state index is 12.4. The third kappa shape index (κ3) is 3.39. The summed E-state index contributed by atoms with van der Waals surface area (Å²) < 4.78 is 6.68. The van der Waals surface area contributed by atoms with Gasteiger partial charge in [0, 0.05) is 38.3 Å². The molecule has 2 heterocycles. The lowest BCUT2D eigenvalue weighted by atomic mass is 10.1. The van der Waals surface area contributed by atoms with Crippen molar-refractivity contribution < 1.29 is 14.3 Å². The fourth-order valence-corrected chi connectivity index (χ4v) is 3.14. The van der Waals surface area contributed by atoms with Gasteiger partial charge < -0.3 is 14.5 Å². The van der Waals surface area contributed by atoms with E-state index in [-0.39, 0.29) is 18.4 Å². The lowest BCUT2D eigenvalue weighted by Gasteiger charge is -2.23. The number of hydrogen-bond acceptors (Lipinski definition) is 4. The number of hydrogen-bond donors (Lipinski definition) is 0. The molecule has 0 radical (unpaired) electrons. The number of benzene rings is 1. The van der Waals surface area contributed by atoms with Gasteiger partial charge in [-0.05, 0) is 42.3 Å². The maximum absolute atomic E-state index is 12.4. The van der Waals surface area contributed by atoms with Crippen molar-refractivity contribution in [1.82, 2.24) is 9.78 Å². The van der Waals surface area contributed by atoms with Gasteiger partial charge in [0.1, 0.15) is 6.61 Å². The van der Waals surface area contributed by atoms with E-state index in [9.17, 15) is 9.59 Å². The molecule has 1 aliphatic rings. The Morgan fingerprint density at radius 1 is 1.38 bits per heavy atom. The average Bonchev–Trinajstić information content (AvgIpc) is 3.24. The molecule has 0 N–H and O–H groups in total. The van der Waals surface area contributed by atoms with Crippen LogP contribution in [0.5, 0.6) is 0 Å². The Bertz CT molecular complexity index is 843. The molecule has 0 saturated heterocycles. The van der Waals surface area contributed by atoms with Crippen LogP contribution < -0.4 is 9.80 Å². The van der Waals surface area contributed by atoms with Gasteiger partial charge in [-0.2, -0.15) is 5.10 Å². The Hall–Kier alpha value is -2.93. The first-order valence-electron chi connectivity index (χ1n) is 8.38. The summed E-state index contributed by atoms with van der Waals surface area (Å²) in [6.07, 6.45) is 3.76. The van der Waals surface area contributed by atoms with Crippen molar-refractivity contribution in [3.63, 3.8) is 0 Å². The van der Waals surface area contributed by atoms with Crippen LogP contribution in [0.2, 0.25) is 0 Å². The van der Waals surface area contributed by atoms with E-state index in [4.69, 9.17) is 4.74 Å². The second-order valence-electron chi connectivity index (χ2n) is 6.12. The first-order chi connectivity index (χ1) is 12.5. The van der Waals surface area contributed by atoms with Crippen LogP contribution in [0.1, 0.15) is 11.3 Å². The zero-order valence-electron chi connectivity index (χ0n) is 15.0. The zero-order chi connectivity index (χ0) is 18.7. The Morgan fingerprint density at radius 2 is 2.19 bits per heavy atom. The monoisotopic (exact) mass is 354 g/mol. The Kier molecular flexibility index (Phi) is 5.18. The van der Waals surface area contributed by atoms with E-state index in [0.29, 0.717) is 13.1 Å². The van der Waals surface area contributed by atoms with E-state index in [1.54, 1.807) is 20.7 Å². The van der Waals surface area contributed by atoms with Crippen molar-refractivity contribution in [3.8, 4) is 0 Å². The van der Waals surface area contributed by atoms with Gasteiger partial charge in [-0.1, -0.05) is 6.58 Å². The molecule has 7 nitrogen and oxygen atoms in total. The normalized spacial score (nSPS) is 12.8. The highest BCUT2D eigenvalue weighted by Gasteiger charge is 2.26. The van der Waals surface area contributed by atoms with Gasteiger partial charge in [-0.3, -0.25) is 14.3 Å². The second-order valence-corrected chi connectivity index (χ2v) is 6.12. The standard InChI is InChI=1S/C19H22N4O3/c1-4-18(24)23(12-16-7-9-20-21(16)2)15-5-6-17-14(11-15)8-10-22(17)19(25)13-26-3/h4-7,9,11H,1,8,10,12-13H2,2-3H3. The first kappa shape index (κ1) is 17.9. The molecular weight excluding hydrogens is 332 g/mol. The van der Waals surface area contributed by atoms with Gasteiger partial charge in [0.2, 0.25) is 0 Å². The molecule has 26 heavy (non-hydrogen) atoms. The fraction of sp³-hybridized carbons (Fsp3) is 0.316. The van der Waals surface area contributed by atoms with E-state index in [1.807, 2.05) is 31.3 Å². The van der Waals surface area contributed by atoms with E-state index >= 15 is 0 Å². The Morgan fingerprint density at radius 3 is 2.85 bits per heavy atom. The predicted octanol–water partition coefficient (Wildman–Crippen LogP) is 1.67. The number of ether oxygens (including phenoxy) is 1. The molecule has 0 fully saturated rings. The molecule has 0 atom stereocenters. The SMILES string of the molecule is C=CC(=O)N(Cc1ccnn1C)c1ccc2c(c1)CCN2C(=O)COC. The van der Waals surface area contributed by atoms with Crippen molar-refractivity contribution in [2.24, 2.45) is 7.05 Å². The number of amides is 2. The van der Waals surface area contributed by atoms with Gasteiger partial charge in [-0.15, -0.1) is 0 Å². The highest BCUT2D eigenvalue weighted by molar-refractivity contribution is 6.02. The number of rotatable bonds is 6. The van der Waals surface area contributed by atoms with E-state index in [0.717, 1.165) is 29.1 Å². The first-order valence-corrected chi connectivity index (χ1v) is 8.38. The minimum atomic E-state index is -0.184. The second kappa shape index (κ2) is 7.53. The fourth-order valence-electron chi connectivity index (χ4n) is 3.14. The average molecular weight is 354 g/mol. The van der Waals surface area contributed by atoms with Gasteiger partial charge in [0.15, 0.2) is 0 Å². The summed E-state index contributed by atoms with van der Waals surface area (Å²) in [7, 11) is 3.35. The summed E-state index contributed by atoms with van der Waals surface area (Å²) in [6.45, 7) is 4.68. The van der Waals surface area contributed by atoms with Crippen LogP contribution in [0.4, 0.5) is 11.4 Å². The molecule has 2 aromatic rings. The van der Waals surface area contributed by atoms with Gasteiger partial charge in [0.05, 0.1) is 12.2 Å². The number of methoxy groups -OCH3 is 1. The molecule has 3 rings (SSSR count). The third-order valence-electron chi connectivity index (χ3n) is 4.52. The van der Waals surface area contributed by atoms with Crippen LogP contribution in [-0.2, 0) is 34.3 Å². The zero-order valence-corrected chi connectivity index (χ0v) is 15.0. The largest absolute Gasteiger partial charge is 0.375 e. The van der Waals surface area contributed by atoms with Crippen LogP contribution in [0, 0.1) is 0 Å². The number of carbonyl (C=O) groups is 2. The van der Waals surface area contributed by atoms with Crippen molar-refractivity contribution in [3.05, 3.63) is 54.4 Å².